The van der Waals surface area contributed by atoms with E-state index in [4.69, 9.17) is 0 Å². The minimum Gasteiger partial charge on any atom is -0.357 e. The van der Waals surface area contributed by atoms with E-state index >= 15 is 0 Å². The fourth-order valence-corrected chi connectivity index (χ4v) is 2.87. The number of carbonyl (C=O) groups excluding carboxylic acids is 1. The molecule has 0 aliphatic carbocycles. The molecule has 0 spiro atoms. The molecule has 1 amide bonds. The Hall–Kier alpha value is -1.38. The molecule has 146 valence electrons. The van der Waals surface area contributed by atoms with Crippen LogP contribution in [0.1, 0.15) is 50.3 Å². The highest BCUT2D eigenvalue weighted by Crippen LogP contribution is 2.16. The van der Waals surface area contributed by atoms with Crippen molar-refractivity contribution >= 4 is 35.8 Å². The molecule has 1 saturated heterocycles. The minimum atomic E-state index is -0.204. The van der Waals surface area contributed by atoms with Crippen molar-refractivity contribution in [1.82, 2.24) is 15.5 Å². The maximum atomic E-state index is 13.7. The van der Waals surface area contributed by atoms with E-state index in [1.54, 1.807) is 19.1 Å². The zero-order valence-electron chi connectivity index (χ0n) is 15.8. The number of hydrogen-bond acceptors (Lipinski definition) is 2. The Balaban J connectivity index is 0.00000338. The molecule has 2 N–H and O–H groups in total. The van der Waals surface area contributed by atoms with Gasteiger partial charge in [0.2, 0.25) is 5.91 Å². The van der Waals surface area contributed by atoms with Crippen molar-refractivity contribution < 1.29 is 9.18 Å². The lowest BCUT2D eigenvalue weighted by atomic mass is 10.1. The number of benzene rings is 1. The molecule has 1 atom stereocenters. The SMILES string of the molecule is CCNC(=NCCC(=O)N1CCCC1)NC(C)c1ccc(C)c(F)c1.I. The monoisotopic (exact) mass is 476 g/mol. The quantitative estimate of drug-likeness (QED) is 0.376. The Kier molecular flexibility index (Phi) is 9.90. The van der Waals surface area contributed by atoms with Crippen LogP contribution in [0.5, 0.6) is 0 Å². The summed E-state index contributed by atoms with van der Waals surface area (Å²) in [6.45, 7) is 8.61. The predicted molar refractivity (Wildman–Crippen MR) is 115 cm³/mol. The molecule has 1 aliphatic heterocycles. The summed E-state index contributed by atoms with van der Waals surface area (Å²) in [6.07, 6.45) is 2.62. The van der Waals surface area contributed by atoms with E-state index in [9.17, 15) is 9.18 Å². The van der Waals surface area contributed by atoms with Crippen LogP contribution >= 0.6 is 24.0 Å². The minimum absolute atomic E-state index is 0. The molecule has 1 unspecified atom stereocenters. The summed E-state index contributed by atoms with van der Waals surface area (Å²) in [7, 11) is 0. The predicted octanol–water partition coefficient (Wildman–Crippen LogP) is 3.38. The van der Waals surface area contributed by atoms with Gasteiger partial charge in [0.15, 0.2) is 5.96 Å². The third-order valence-electron chi connectivity index (χ3n) is 4.45. The van der Waals surface area contributed by atoms with E-state index in [-0.39, 0.29) is 41.7 Å². The number of carbonyl (C=O) groups is 1. The number of nitrogens with one attached hydrogen (secondary N) is 2. The highest BCUT2D eigenvalue weighted by molar-refractivity contribution is 14.0. The Morgan fingerprint density at radius 2 is 2.04 bits per heavy atom. The lowest BCUT2D eigenvalue weighted by molar-refractivity contribution is -0.129. The average molecular weight is 476 g/mol. The number of aliphatic imine (C=N–C) groups is 1. The highest BCUT2D eigenvalue weighted by atomic mass is 127. The van der Waals surface area contributed by atoms with Gasteiger partial charge in [0.1, 0.15) is 5.82 Å². The summed E-state index contributed by atoms with van der Waals surface area (Å²) in [4.78, 5) is 18.5. The second-order valence-corrected chi connectivity index (χ2v) is 6.47. The van der Waals surface area contributed by atoms with Gasteiger partial charge in [-0.05, 0) is 50.8 Å². The summed E-state index contributed by atoms with van der Waals surface area (Å²) < 4.78 is 13.7. The van der Waals surface area contributed by atoms with Crippen molar-refractivity contribution in [3.8, 4) is 0 Å². The maximum Gasteiger partial charge on any atom is 0.224 e. The molecule has 0 bridgehead atoms. The second-order valence-electron chi connectivity index (χ2n) is 6.47. The van der Waals surface area contributed by atoms with Crippen LogP contribution in [0.2, 0.25) is 0 Å². The third-order valence-corrected chi connectivity index (χ3v) is 4.45. The topological polar surface area (TPSA) is 56.7 Å². The number of likely N-dealkylation sites (tertiary alicyclic amines) is 1. The summed E-state index contributed by atoms with van der Waals surface area (Å²) in [5.74, 6) is 0.611. The van der Waals surface area contributed by atoms with E-state index in [1.165, 1.54) is 0 Å². The molecule has 2 rings (SSSR count). The zero-order chi connectivity index (χ0) is 18.2. The van der Waals surface area contributed by atoms with Gasteiger partial charge in [-0.25, -0.2) is 4.39 Å². The lowest BCUT2D eigenvalue weighted by Crippen LogP contribution is -2.39. The Bertz CT molecular complexity index is 618. The fraction of sp³-hybridized carbons (Fsp3) is 0.579. The van der Waals surface area contributed by atoms with Crippen LogP contribution in [0.3, 0.4) is 0 Å². The molecule has 1 heterocycles. The van der Waals surface area contributed by atoms with E-state index < -0.39 is 0 Å². The van der Waals surface area contributed by atoms with Crippen molar-refractivity contribution in [1.29, 1.82) is 0 Å². The van der Waals surface area contributed by atoms with Gasteiger partial charge in [-0.2, -0.15) is 0 Å². The number of hydrogen-bond donors (Lipinski definition) is 2. The second kappa shape index (κ2) is 11.4. The largest absolute Gasteiger partial charge is 0.357 e. The summed E-state index contributed by atoms with van der Waals surface area (Å²) in [5, 5.41) is 6.44. The highest BCUT2D eigenvalue weighted by Gasteiger charge is 2.17. The number of nitrogens with zero attached hydrogens (tertiary/aromatic N) is 2. The molecule has 0 saturated carbocycles. The van der Waals surface area contributed by atoms with Gasteiger partial charge in [0.25, 0.3) is 0 Å². The summed E-state index contributed by atoms with van der Waals surface area (Å²) in [5.41, 5.74) is 1.50. The Morgan fingerprint density at radius 3 is 2.65 bits per heavy atom. The van der Waals surface area contributed by atoms with Crippen molar-refractivity contribution in [2.24, 2.45) is 4.99 Å². The van der Waals surface area contributed by atoms with Crippen molar-refractivity contribution in [3.05, 3.63) is 35.1 Å². The first-order valence-electron chi connectivity index (χ1n) is 9.10. The van der Waals surface area contributed by atoms with Crippen LogP contribution in [-0.2, 0) is 4.79 Å². The first kappa shape index (κ1) is 22.7. The van der Waals surface area contributed by atoms with Gasteiger partial charge in [0, 0.05) is 26.1 Å². The first-order chi connectivity index (χ1) is 12.0. The molecular formula is C19H30FIN4O. The Labute approximate surface area is 172 Å². The lowest BCUT2D eigenvalue weighted by Gasteiger charge is -2.19. The van der Waals surface area contributed by atoms with Gasteiger partial charge < -0.3 is 15.5 Å². The summed E-state index contributed by atoms with van der Waals surface area (Å²) in [6, 6.07) is 5.16. The van der Waals surface area contributed by atoms with Crippen LogP contribution in [0.4, 0.5) is 4.39 Å². The van der Waals surface area contributed by atoms with E-state index in [0.29, 0.717) is 24.5 Å². The van der Waals surface area contributed by atoms with Gasteiger partial charge in [-0.1, -0.05) is 12.1 Å². The normalized spacial score (nSPS) is 15.4. The number of aryl methyl sites for hydroxylation is 1. The van der Waals surface area contributed by atoms with Crippen molar-refractivity contribution in [2.45, 2.75) is 46.1 Å². The van der Waals surface area contributed by atoms with E-state index in [2.05, 4.69) is 15.6 Å². The molecule has 0 radical (unpaired) electrons. The number of halogens is 2. The fourth-order valence-electron chi connectivity index (χ4n) is 2.87. The van der Waals surface area contributed by atoms with Gasteiger partial charge in [-0.3, -0.25) is 9.79 Å². The van der Waals surface area contributed by atoms with Gasteiger partial charge in [0.05, 0.1) is 12.6 Å². The average Bonchev–Trinajstić information content (AvgIpc) is 3.12. The summed E-state index contributed by atoms with van der Waals surface area (Å²) >= 11 is 0. The molecular weight excluding hydrogens is 446 g/mol. The van der Waals surface area contributed by atoms with Gasteiger partial charge >= 0.3 is 0 Å². The number of rotatable bonds is 6. The van der Waals surface area contributed by atoms with Crippen LogP contribution in [-0.4, -0.2) is 42.9 Å². The Morgan fingerprint density at radius 1 is 1.35 bits per heavy atom. The smallest absolute Gasteiger partial charge is 0.224 e. The van der Waals surface area contributed by atoms with Crippen LogP contribution in [0.15, 0.2) is 23.2 Å². The molecule has 26 heavy (non-hydrogen) atoms. The van der Waals surface area contributed by atoms with Crippen molar-refractivity contribution in [3.63, 3.8) is 0 Å². The van der Waals surface area contributed by atoms with Crippen LogP contribution in [0.25, 0.3) is 0 Å². The van der Waals surface area contributed by atoms with Crippen LogP contribution in [0, 0.1) is 12.7 Å². The molecule has 1 aromatic rings. The third kappa shape index (κ3) is 6.74. The molecule has 7 heteroatoms. The zero-order valence-corrected chi connectivity index (χ0v) is 18.2. The van der Waals surface area contributed by atoms with E-state index in [1.807, 2.05) is 24.8 Å². The standard InChI is InChI=1S/C19H29FN4O.HI/c1-4-21-19(22-10-9-18(25)24-11-5-6-12-24)23-15(3)16-8-7-14(2)17(20)13-16;/h7-8,13,15H,4-6,9-12H2,1-3H3,(H2,21,22,23);1H. The maximum absolute atomic E-state index is 13.7. The molecule has 1 aromatic carbocycles. The van der Waals surface area contributed by atoms with Crippen molar-refractivity contribution in [2.75, 3.05) is 26.2 Å². The first-order valence-corrected chi connectivity index (χ1v) is 9.10. The van der Waals surface area contributed by atoms with Gasteiger partial charge in [-0.15, -0.1) is 24.0 Å². The molecule has 5 nitrogen and oxygen atoms in total. The molecule has 1 fully saturated rings. The van der Waals surface area contributed by atoms with E-state index in [0.717, 1.165) is 38.0 Å². The molecule has 1 aliphatic rings. The molecule has 0 aromatic heterocycles. The number of guanidine groups is 1. The van der Waals surface area contributed by atoms with Crippen LogP contribution < -0.4 is 10.6 Å². The number of amides is 1.